The van der Waals surface area contributed by atoms with Gasteiger partial charge in [0.2, 0.25) is 0 Å². The van der Waals surface area contributed by atoms with Crippen LogP contribution in [0.3, 0.4) is 0 Å². The van der Waals surface area contributed by atoms with E-state index in [1.54, 1.807) is 12.1 Å². The van der Waals surface area contributed by atoms with E-state index in [0.29, 0.717) is 10.9 Å². The van der Waals surface area contributed by atoms with Gasteiger partial charge >= 0.3 is 5.69 Å². The number of nitrogens with zero attached hydrogens (tertiary/aromatic N) is 1. The highest BCUT2D eigenvalue weighted by molar-refractivity contribution is 9.10. The third-order valence-electron chi connectivity index (χ3n) is 3.58. The molecule has 0 aliphatic heterocycles. The van der Waals surface area contributed by atoms with Crippen LogP contribution in [0.1, 0.15) is 31.7 Å². The van der Waals surface area contributed by atoms with Crippen molar-refractivity contribution in [2.75, 3.05) is 0 Å². The van der Waals surface area contributed by atoms with E-state index in [9.17, 15) is 9.59 Å². The van der Waals surface area contributed by atoms with E-state index >= 15 is 0 Å². The van der Waals surface area contributed by atoms with Crippen LogP contribution in [0.2, 0.25) is 0 Å². The van der Waals surface area contributed by atoms with Crippen molar-refractivity contribution in [1.82, 2.24) is 9.55 Å². The second-order valence-corrected chi connectivity index (χ2v) is 5.65. The molecule has 5 heteroatoms. The van der Waals surface area contributed by atoms with Gasteiger partial charge in [-0.1, -0.05) is 28.8 Å². The minimum atomic E-state index is -0.290. The van der Waals surface area contributed by atoms with Gasteiger partial charge in [0, 0.05) is 10.5 Å². The van der Waals surface area contributed by atoms with Crippen LogP contribution in [-0.2, 0) is 0 Å². The van der Waals surface area contributed by atoms with Crippen molar-refractivity contribution < 1.29 is 0 Å². The molecule has 1 aromatic carbocycles. The monoisotopic (exact) mass is 308 g/mol. The summed E-state index contributed by atoms with van der Waals surface area (Å²) in [6.45, 7) is 0. The summed E-state index contributed by atoms with van der Waals surface area (Å²) in [6.07, 6.45) is 4.02. The standard InChI is InChI=1S/C13H13BrN2O2/c14-8-5-6-11-10(7-8)12(17)16(13(18)15-11)9-3-1-2-4-9/h5-7,9H,1-4H2,(H,15,18). The third kappa shape index (κ3) is 1.82. The van der Waals surface area contributed by atoms with Gasteiger partial charge in [0.05, 0.1) is 10.9 Å². The summed E-state index contributed by atoms with van der Waals surface area (Å²) >= 11 is 3.35. The summed E-state index contributed by atoms with van der Waals surface area (Å²) in [7, 11) is 0. The van der Waals surface area contributed by atoms with Crippen molar-refractivity contribution in [3.63, 3.8) is 0 Å². The molecule has 0 atom stereocenters. The summed E-state index contributed by atoms with van der Waals surface area (Å²) in [5, 5.41) is 0.566. The normalized spacial score (nSPS) is 16.5. The van der Waals surface area contributed by atoms with Crippen LogP contribution in [0.5, 0.6) is 0 Å². The van der Waals surface area contributed by atoms with Crippen molar-refractivity contribution in [1.29, 1.82) is 0 Å². The van der Waals surface area contributed by atoms with Crippen LogP contribution < -0.4 is 11.2 Å². The Kier molecular flexibility index (Phi) is 2.86. The predicted octanol–water partition coefficient (Wildman–Crippen LogP) is 2.57. The van der Waals surface area contributed by atoms with Gasteiger partial charge in [-0.15, -0.1) is 0 Å². The molecule has 18 heavy (non-hydrogen) atoms. The lowest BCUT2D eigenvalue weighted by atomic mass is 10.2. The van der Waals surface area contributed by atoms with E-state index in [1.165, 1.54) is 4.57 Å². The lowest BCUT2D eigenvalue weighted by Crippen LogP contribution is -2.37. The Morgan fingerprint density at radius 2 is 1.94 bits per heavy atom. The molecule has 3 rings (SSSR count). The Morgan fingerprint density at radius 3 is 2.67 bits per heavy atom. The van der Waals surface area contributed by atoms with Gasteiger partial charge in [0.15, 0.2) is 0 Å². The molecule has 0 bridgehead atoms. The zero-order valence-electron chi connectivity index (χ0n) is 9.78. The van der Waals surface area contributed by atoms with Crippen LogP contribution >= 0.6 is 15.9 Å². The second kappa shape index (κ2) is 4.39. The number of fused-ring (bicyclic) bond motifs is 1. The summed E-state index contributed by atoms with van der Waals surface area (Å²) < 4.78 is 2.24. The molecule has 0 unspecified atom stereocenters. The molecule has 1 heterocycles. The lowest BCUT2D eigenvalue weighted by Gasteiger charge is -2.12. The molecule has 4 nitrogen and oxygen atoms in total. The number of aromatic nitrogens is 2. The number of H-pyrrole nitrogens is 1. The zero-order valence-corrected chi connectivity index (χ0v) is 11.4. The summed E-state index contributed by atoms with van der Waals surface area (Å²) in [6, 6.07) is 5.39. The van der Waals surface area contributed by atoms with Gasteiger partial charge in [0.1, 0.15) is 0 Å². The van der Waals surface area contributed by atoms with Crippen LogP contribution in [0.25, 0.3) is 10.9 Å². The minimum absolute atomic E-state index is 0.0598. The average Bonchev–Trinajstić information content (AvgIpc) is 2.84. The van der Waals surface area contributed by atoms with Crippen LogP contribution in [0.15, 0.2) is 32.3 Å². The molecule has 1 aliphatic rings. The molecule has 1 saturated carbocycles. The number of aromatic amines is 1. The molecular formula is C13H13BrN2O2. The van der Waals surface area contributed by atoms with Crippen LogP contribution in [0, 0.1) is 0 Å². The fourth-order valence-electron chi connectivity index (χ4n) is 2.69. The molecule has 0 amide bonds. The van der Waals surface area contributed by atoms with Crippen LogP contribution in [-0.4, -0.2) is 9.55 Å². The first-order chi connectivity index (χ1) is 8.66. The molecular weight excluding hydrogens is 296 g/mol. The Morgan fingerprint density at radius 1 is 1.22 bits per heavy atom. The first kappa shape index (κ1) is 11.7. The Bertz CT molecular complexity index is 711. The van der Waals surface area contributed by atoms with Gasteiger partial charge in [-0.2, -0.15) is 0 Å². The molecule has 0 saturated heterocycles. The van der Waals surface area contributed by atoms with Crippen molar-refractivity contribution in [2.24, 2.45) is 0 Å². The smallest absolute Gasteiger partial charge is 0.307 e. The minimum Gasteiger partial charge on any atom is -0.307 e. The maximum atomic E-state index is 12.4. The highest BCUT2D eigenvalue weighted by Crippen LogP contribution is 2.27. The van der Waals surface area contributed by atoms with Crippen LogP contribution in [0.4, 0.5) is 0 Å². The van der Waals surface area contributed by atoms with E-state index in [0.717, 1.165) is 30.2 Å². The average molecular weight is 309 g/mol. The van der Waals surface area contributed by atoms with Gasteiger partial charge in [-0.05, 0) is 31.0 Å². The van der Waals surface area contributed by atoms with Gasteiger partial charge in [-0.3, -0.25) is 9.36 Å². The number of hydrogen-bond acceptors (Lipinski definition) is 2. The molecule has 1 N–H and O–H groups in total. The summed E-state index contributed by atoms with van der Waals surface area (Å²) in [5.41, 5.74) is 0.131. The van der Waals surface area contributed by atoms with Gasteiger partial charge in [0.25, 0.3) is 5.56 Å². The number of benzene rings is 1. The molecule has 1 aliphatic carbocycles. The maximum Gasteiger partial charge on any atom is 0.329 e. The zero-order chi connectivity index (χ0) is 12.7. The number of hydrogen-bond donors (Lipinski definition) is 1. The Labute approximate surface area is 112 Å². The Hall–Kier alpha value is -1.36. The highest BCUT2D eigenvalue weighted by atomic mass is 79.9. The number of rotatable bonds is 1. The highest BCUT2D eigenvalue weighted by Gasteiger charge is 2.21. The van der Waals surface area contributed by atoms with Gasteiger partial charge in [-0.25, -0.2) is 4.79 Å². The third-order valence-corrected chi connectivity index (χ3v) is 4.07. The first-order valence-electron chi connectivity index (χ1n) is 6.11. The van der Waals surface area contributed by atoms with E-state index in [1.807, 2.05) is 6.07 Å². The van der Waals surface area contributed by atoms with E-state index in [-0.39, 0.29) is 17.3 Å². The van der Waals surface area contributed by atoms with Gasteiger partial charge < -0.3 is 4.98 Å². The molecule has 2 aromatic rings. The first-order valence-corrected chi connectivity index (χ1v) is 6.90. The SMILES string of the molecule is O=c1[nH]c2ccc(Br)cc2c(=O)n1C1CCCC1. The molecule has 94 valence electrons. The second-order valence-electron chi connectivity index (χ2n) is 4.73. The van der Waals surface area contributed by atoms with E-state index < -0.39 is 0 Å². The lowest BCUT2D eigenvalue weighted by molar-refractivity contribution is 0.483. The maximum absolute atomic E-state index is 12.4. The fraction of sp³-hybridized carbons (Fsp3) is 0.385. The predicted molar refractivity (Wildman–Crippen MR) is 74.0 cm³/mol. The molecule has 1 fully saturated rings. The fourth-order valence-corrected chi connectivity index (χ4v) is 3.06. The molecule has 0 radical (unpaired) electrons. The quantitative estimate of drug-likeness (QED) is 0.880. The topological polar surface area (TPSA) is 54.9 Å². The van der Waals surface area contributed by atoms with Crippen molar-refractivity contribution >= 4 is 26.8 Å². The van der Waals surface area contributed by atoms with Crippen molar-refractivity contribution in [3.8, 4) is 0 Å². The Balaban J connectivity index is 2.32. The largest absolute Gasteiger partial charge is 0.329 e. The summed E-state index contributed by atoms with van der Waals surface area (Å²) in [4.78, 5) is 27.2. The van der Waals surface area contributed by atoms with E-state index in [4.69, 9.17) is 0 Å². The summed E-state index contributed by atoms with van der Waals surface area (Å²) in [5.74, 6) is 0. The molecule has 0 spiro atoms. The van der Waals surface area contributed by atoms with E-state index in [2.05, 4.69) is 20.9 Å². The number of halogens is 1. The van der Waals surface area contributed by atoms with Crippen molar-refractivity contribution in [2.45, 2.75) is 31.7 Å². The van der Waals surface area contributed by atoms with Crippen molar-refractivity contribution in [3.05, 3.63) is 43.5 Å². The number of nitrogens with one attached hydrogen (secondary N) is 1. The molecule has 1 aromatic heterocycles.